The van der Waals surface area contributed by atoms with E-state index in [1.807, 2.05) is 0 Å². The monoisotopic (exact) mass is 182 g/mol. The van der Waals surface area contributed by atoms with Crippen LogP contribution in [-0.2, 0) is 0 Å². The van der Waals surface area contributed by atoms with E-state index in [4.69, 9.17) is 0 Å². The van der Waals surface area contributed by atoms with E-state index in [2.05, 4.69) is 20.4 Å². The van der Waals surface area contributed by atoms with Gasteiger partial charge in [-0.3, -0.25) is 0 Å². The van der Waals surface area contributed by atoms with Crippen LogP contribution in [0.3, 0.4) is 0 Å². The van der Waals surface area contributed by atoms with Crippen LogP contribution in [0.2, 0.25) is 0 Å². The van der Waals surface area contributed by atoms with Crippen molar-refractivity contribution in [2.45, 2.75) is 58.5 Å². The van der Waals surface area contributed by atoms with Crippen molar-refractivity contribution in [3.63, 3.8) is 0 Å². The van der Waals surface area contributed by atoms with Gasteiger partial charge < -0.3 is 5.11 Å². The Morgan fingerprint density at radius 2 is 2.08 bits per heavy atom. The first-order valence-corrected chi connectivity index (χ1v) is 5.47. The molecule has 0 aliphatic heterocycles. The minimum absolute atomic E-state index is 0.0756. The molecule has 13 heavy (non-hydrogen) atoms. The van der Waals surface area contributed by atoms with Crippen molar-refractivity contribution in [1.82, 2.24) is 0 Å². The maximum absolute atomic E-state index is 9.86. The van der Waals surface area contributed by atoms with E-state index in [-0.39, 0.29) is 11.5 Å². The van der Waals surface area contributed by atoms with Crippen LogP contribution in [0.1, 0.15) is 52.4 Å². The summed E-state index contributed by atoms with van der Waals surface area (Å²) < 4.78 is 0. The number of hydrogen-bond donors (Lipinski definition) is 1. The molecule has 2 atom stereocenters. The summed E-state index contributed by atoms with van der Waals surface area (Å²) in [4.78, 5) is 0. The van der Waals surface area contributed by atoms with Gasteiger partial charge in [0, 0.05) is 5.41 Å². The summed E-state index contributed by atoms with van der Waals surface area (Å²) in [6.07, 6.45) is 6.83. The number of unbranched alkanes of at least 4 members (excludes halogenated alkanes) is 3. The average Bonchev–Trinajstić information content (AvgIpc) is 2.70. The molecule has 1 heteroatoms. The molecule has 76 valence electrons. The van der Waals surface area contributed by atoms with E-state index in [1.54, 1.807) is 0 Å². The predicted octanol–water partition coefficient (Wildman–Crippen LogP) is 3.28. The maximum Gasteiger partial charge on any atom is 0.0633 e. The van der Waals surface area contributed by atoms with Crippen LogP contribution in [-0.4, -0.2) is 11.2 Å². The predicted molar refractivity (Wildman–Crippen MR) is 56.6 cm³/mol. The van der Waals surface area contributed by atoms with Crippen LogP contribution < -0.4 is 0 Å². The molecule has 0 saturated heterocycles. The lowest BCUT2D eigenvalue weighted by atomic mass is 9.95. The molecule has 0 aromatic heterocycles. The second-order valence-electron chi connectivity index (χ2n) is 4.56. The molecule has 1 nitrogen and oxygen atoms in total. The van der Waals surface area contributed by atoms with E-state index in [0.717, 1.165) is 19.3 Å². The van der Waals surface area contributed by atoms with Crippen LogP contribution in [0.5, 0.6) is 0 Å². The van der Waals surface area contributed by atoms with Gasteiger partial charge in [0.15, 0.2) is 0 Å². The molecule has 1 fully saturated rings. The number of hydrogen-bond acceptors (Lipinski definition) is 1. The van der Waals surface area contributed by atoms with Gasteiger partial charge in [0.25, 0.3) is 0 Å². The first-order valence-electron chi connectivity index (χ1n) is 5.47. The lowest BCUT2D eigenvalue weighted by Gasteiger charge is -2.16. The molecule has 0 spiro atoms. The number of aliphatic hydroxyl groups is 1. The van der Waals surface area contributed by atoms with E-state index in [0.29, 0.717) is 0 Å². The molecule has 0 amide bonds. The van der Waals surface area contributed by atoms with Crippen LogP contribution in [0.25, 0.3) is 0 Å². The van der Waals surface area contributed by atoms with Gasteiger partial charge in [0.1, 0.15) is 0 Å². The molecule has 1 saturated carbocycles. The van der Waals surface area contributed by atoms with Gasteiger partial charge >= 0.3 is 0 Å². The Morgan fingerprint density at radius 1 is 1.46 bits per heavy atom. The third kappa shape index (κ3) is 2.57. The van der Waals surface area contributed by atoms with Crippen LogP contribution in [0.15, 0.2) is 12.2 Å². The van der Waals surface area contributed by atoms with Crippen LogP contribution >= 0.6 is 0 Å². The summed E-state index contributed by atoms with van der Waals surface area (Å²) in [5, 5.41) is 9.86. The quantitative estimate of drug-likeness (QED) is 0.493. The molecular formula is C12H22O. The SMILES string of the molecule is C=C1C[C@@]1(C)[C@H](O)CCCCCC. The third-order valence-corrected chi connectivity index (χ3v) is 3.33. The fourth-order valence-corrected chi connectivity index (χ4v) is 1.84. The molecule has 1 rings (SSSR count). The van der Waals surface area contributed by atoms with Crippen molar-refractivity contribution in [1.29, 1.82) is 0 Å². The Labute approximate surface area is 81.9 Å². The van der Waals surface area contributed by atoms with Gasteiger partial charge in [0.2, 0.25) is 0 Å². The molecule has 1 aliphatic rings. The van der Waals surface area contributed by atoms with Gasteiger partial charge in [-0.05, 0) is 12.8 Å². The molecule has 1 aliphatic carbocycles. The highest BCUT2D eigenvalue weighted by Crippen LogP contribution is 2.54. The topological polar surface area (TPSA) is 20.2 Å². The van der Waals surface area contributed by atoms with E-state index in [9.17, 15) is 5.11 Å². The number of aliphatic hydroxyl groups excluding tert-OH is 1. The Bertz CT molecular complexity index is 186. The van der Waals surface area contributed by atoms with E-state index < -0.39 is 0 Å². The fourth-order valence-electron chi connectivity index (χ4n) is 1.84. The van der Waals surface area contributed by atoms with Crippen LogP contribution in [0.4, 0.5) is 0 Å². The zero-order chi connectivity index (χ0) is 9.90. The molecule has 0 radical (unpaired) electrons. The lowest BCUT2D eigenvalue weighted by Crippen LogP contribution is -2.18. The smallest absolute Gasteiger partial charge is 0.0633 e. The number of rotatable bonds is 6. The summed E-state index contributed by atoms with van der Waals surface area (Å²) in [5.74, 6) is 0. The minimum Gasteiger partial charge on any atom is -0.392 e. The zero-order valence-corrected chi connectivity index (χ0v) is 8.97. The summed E-state index contributed by atoms with van der Waals surface area (Å²) in [5.41, 5.74) is 1.31. The highest BCUT2D eigenvalue weighted by atomic mass is 16.3. The average molecular weight is 182 g/mol. The van der Waals surface area contributed by atoms with Gasteiger partial charge in [-0.1, -0.05) is 51.7 Å². The highest BCUT2D eigenvalue weighted by Gasteiger charge is 2.47. The first-order chi connectivity index (χ1) is 6.11. The Hall–Kier alpha value is -0.300. The normalized spacial score (nSPS) is 29.0. The maximum atomic E-state index is 9.86. The summed E-state index contributed by atoms with van der Waals surface area (Å²) in [6.45, 7) is 8.26. The van der Waals surface area contributed by atoms with Crippen molar-refractivity contribution >= 4 is 0 Å². The molecule has 0 aromatic rings. The zero-order valence-electron chi connectivity index (χ0n) is 8.97. The molecule has 0 bridgehead atoms. The van der Waals surface area contributed by atoms with Gasteiger partial charge in [0.05, 0.1) is 6.10 Å². The molecule has 1 N–H and O–H groups in total. The van der Waals surface area contributed by atoms with Crippen molar-refractivity contribution in [2.75, 3.05) is 0 Å². The third-order valence-electron chi connectivity index (χ3n) is 3.33. The van der Waals surface area contributed by atoms with Crippen molar-refractivity contribution in [2.24, 2.45) is 5.41 Å². The standard InChI is InChI=1S/C12H22O/c1-4-5-6-7-8-11(13)12(3)9-10(12)2/h11,13H,2,4-9H2,1,3H3/t11-,12-/m1/s1. The molecular weight excluding hydrogens is 160 g/mol. The summed E-state index contributed by atoms with van der Waals surface area (Å²) in [6, 6.07) is 0. The van der Waals surface area contributed by atoms with Crippen molar-refractivity contribution in [3.05, 3.63) is 12.2 Å². The van der Waals surface area contributed by atoms with Crippen LogP contribution in [0, 0.1) is 5.41 Å². The van der Waals surface area contributed by atoms with Gasteiger partial charge in [-0.15, -0.1) is 0 Å². The van der Waals surface area contributed by atoms with Crippen molar-refractivity contribution in [3.8, 4) is 0 Å². The van der Waals surface area contributed by atoms with E-state index in [1.165, 1.54) is 24.8 Å². The first kappa shape index (κ1) is 10.8. The summed E-state index contributed by atoms with van der Waals surface area (Å²) in [7, 11) is 0. The largest absolute Gasteiger partial charge is 0.392 e. The second kappa shape index (κ2) is 4.28. The van der Waals surface area contributed by atoms with Gasteiger partial charge in [-0.2, -0.15) is 0 Å². The molecule has 0 aromatic carbocycles. The highest BCUT2D eigenvalue weighted by molar-refractivity contribution is 5.29. The second-order valence-corrected chi connectivity index (χ2v) is 4.56. The van der Waals surface area contributed by atoms with E-state index >= 15 is 0 Å². The fraction of sp³-hybridized carbons (Fsp3) is 0.833. The summed E-state index contributed by atoms with van der Waals surface area (Å²) >= 11 is 0. The van der Waals surface area contributed by atoms with Crippen molar-refractivity contribution < 1.29 is 5.11 Å². The Balaban J connectivity index is 2.12. The Morgan fingerprint density at radius 3 is 2.54 bits per heavy atom. The molecule has 0 heterocycles. The van der Waals surface area contributed by atoms with Gasteiger partial charge in [-0.25, -0.2) is 0 Å². The molecule has 0 unspecified atom stereocenters. The lowest BCUT2D eigenvalue weighted by molar-refractivity contribution is 0.0983. The minimum atomic E-state index is -0.142. The Kier molecular flexibility index (Phi) is 3.55.